The summed E-state index contributed by atoms with van der Waals surface area (Å²) in [6.07, 6.45) is 27.3. The lowest BCUT2D eigenvalue weighted by Crippen LogP contribution is -2.57. The molecule has 8 unspecified atom stereocenters. The lowest BCUT2D eigenvalue weighted by Gasteiger charge is -2.57. The summed E-state index contributed by atoms with van der Waals surface area (Å²) in [5.41, 5.74) is 14.7. The van der Waals surface area contributed by atoms with Crippen molar-refractivity contribution in [2.24, 2.45) is 143 Å². The molecule has 0 radical (unpaired) electrons. The molecule has 25 heteroatoms. The number of esters is 3. The van der Waals surface area contributed by atoms with Gasteiger partial charge in [-0.25, -0.2) is 0 Å². The lowest BCUT2D eigenvalue weighted by atomic mass is 9.50. The molecule has 28 atom stereocenters. The summed E-state index contributed by atoms with van der Waals surface area (Å²) < 4.78 is 96.7. The number of nitrogens with zero attached hydrogens (tertiary/aromatic N) is 3. The van der Waals surface area contributed by atoms with Crippen molar-refractivity contribution >= 4 is 28.0 Å². The van der Waals surface area contributed by atoms with Gasteiger partial charge in [-0.1, -0.05) is 81.3 Å². The molecule has 16 rings (SSSR count). The predicted octanol–water partition coefficient (Wildman–Crippen LogP) is 15.1. The second kappa shape index (κ2) is 34.3. The van der Waals surface area contributed by atoms with Crippen LogP contribution in [0.5, 0.6) is 0 Å². The average molecular weight is 1640 g/mol. The number of carbonyl (C=O) groups excluding carboxylic acids is 3. The van der Waals surface area contributed by atoms with Crippen molar-refractivity contribution in [2.45, 2.75) is 330 Å². The van der Waals surface area contributed by atoms with Crippen LogP contribution < -0.4 is 5.73 Å². The van der Waals surface area contributed by atoms with Gasteiger partial charge in [0.2, 0.25) is 0 Å². The summed E-state index contributed by atoms with van der Waals surface area (Å²) in [5.74, 6) is 2.84. The maximum atomic E-state index is 12.0. The van der Waals surface area contributed by atoms with Crippen LogP contribution in [0.1, 0.15) is 277 Å². The number of rotatable bonds is 14. The number of hydrogen-bond donors (Lipinski definition) is 4. The molecule has 16 aliphatic rings. The van der Waals surface area contributed by atoms with Gasteiger partial charge in [0, 0.05) is 102 Å². The number of fused-ring (bicyclic) bond motifs is 8. The van der Waals surface area contributed by atoms with Crippen LogP contribution in [0, 0.1) is 132 Å². The van der Waals surface area contributed by atoms with Gasteiger partial charge < -0.3 is 73.2 Å². The van der Waals surface area contributed by atoms with Gasteiger partial charge in [-0.05, 0) is 260 Å². The van der Waals surface area contributed by atoms with Crippen LogP contribution >= 0.6 is 0 Å². The van der Waals surface area contributed by atoms with Crippen LogP contribution in [0.15, 0.2) is 5.11 Å². The highest BCUT2D eigenvalue weighted by Crippen LogP contribution is 2.72. The van der Waals surface area contributed by atoms with Gasteiger partial charge in [0.05, 0.1) is 77.9 Å². The van der Waals surface area contributed by atoms with Crippen LogP contribution in [0.25, 0.3) is 10.4 Å². The first kappa shape index (κ1) is 89.9. The highest BCUT2D eigenvalue weighted by atomic mass is 32.2. The first-order valence-electron chi connectivity index (χ1n) is 45.4. The minimum atomic E-state index is -3.56. The number of carbonyl (C=O) groups is 3. The molecule has 656 valence electrons. The Bertz CT molecular complexity index is 3540. The average Bonchev–Trinajstić information content (AvgIpc) is 1.59. The van der Waals surface area contributed by atoms with Gasteiger partial charge >= 0.3 is 17.9 Å². The molecule has 0 amide bonds. The number of nitrogens with two attached hydrogens (primary N) is 1. The lowest BCUT2D eigenvalue weighted by molar-refractivity contribution is -0.247. The summed E-state index contributed by atoms with van der Waals surface area (Å²) in [6.45, 7) is 36.4. The quantitative estimate of drug-likeness (QED) is 0.0313. The zero-order valence-electron chi connectivity index (χ0n) is 72.9. The molecule has 4 aliphatic heterocycles. The van der Waals surface area contributed by atoms with Crippen molar-refractivity contribution in [3.8, 4) is 0 Å². The molecule has 0 aromatic carbocycles. The third kappa shape index (κ3) is 16.1. The fourth-order valence-corrected chi connectivity index (χ4v) is 30.3. The predicted molar refractivity (Wildman–Crippen MR) is 432 cm³/mol. The van der Waals surface area contributed by atoms with Crippen LogP contribution in [-0.4, -0.2) is 181 Å². The molecule has 4 heterocycles. The number of hydrogen-bond acceptors (Lipinski definition) is 22. The first-order valence-corrected chi connectivity index (χ1v) is 47.2. The van der Waals surface area contributed by atoms with Gasteiger partial charge in [-0.3, -0.25) is 18.6 Å². The molecule has 16 fully saturated rings. The van der Waals surface area contributed by atoms with Crippen molar-refractivity contribution in [3.63, 3.8) is 0 Å². The summed E-state index contributed by atoms with van der Waals surface area (Å²) >= 11 is 0. The number of aliphatic hydroxyl groups is 3. The van der Waals surface area contributed by atoms with E-state index in [1.54, 1.807) is 0 Å². The topological polar surface area (TPSA) is 332 Å². The Morgan fingerprint density at radius 1 is 0.426 bits per heavy atom. The standard InChI is InChI=1S/C24H40O7S.C23H37N3O4.C23H38O5.C20H35NO4/c1-16-6-9-22(3,21(14-16)31-17(2)25)19-7-10-23(4)20(18(19)15-30-32(5,26)27)8-11-24(23)28-12-13-29-24;1-15-5-8-21(3,20(13-15)30-16(2)27)18-6-9-22(4)19(17(18)14-25-26-24)7-10-23(22)28-11-12-29-23;1-15-5-8-21(3,20(13-15)28-16(2)25)18-6-9-22(4)19(17(18)14-24)7-10-23(22)26-11-12-27-23;1-18(6-3-13(22)11-17(18)23)15-4-7-19(2)16(14(15)12-21)5-8-20(19)24-9-10-25-20/h16,18-21H,6-15H2,1-5H3;15,17-20H,5-14H2,1-4H3;15,17-20,24H,5-14H2,1-4H3;13-17,22-23H,3-12,21H2,1-2H3/t16-,18+,19?,20?,21-,22+,23-;2*15-,17+,18?,19?,20-,21+,22-;13-,14+,15?,16?,17-,18+,19-/m0000/s1. The fraction of sp³-hybridized carbons (Fsp3) is 0.967. The summed E-state index contributed by atoms with van der Waals surface area (Å²) in [7, 11) is -3.56. The number of azide groups is 1. The van der Waals surface area contributed by atoms with E-state index in [0.29, 0.717) is 132 Å². The smallest absolute Gasteiger partial charge is 0.302 e. The Kier molecular flexibility index (Phi) is 26.8. The minimum absolute atomic E-state index is 0.0273. The van der Waals surface area contributed by atoms with E-state index in [4.69, 9.17) is 67.6 Å². The Hall–Kier alpha value is -2.85. The molecule has 12 saturated carbocycles. The Labute approximate surface area is 688 Å². The molecule has 115 heavy (non-hydrogen) atoms. The Balaban J connectivity index is 0.000000134. The highest BCUT2D eigenvalue weighted by Gasteiger charge is 2.72. The normalized spacial score (nSPS) is 47.0. The Morgan fingerprint density at radius 2 is 0.722 bits per heavy atom. The van der Waals surface area contributed by atoms with Crippen molar-refractivity contribution in [1.29, 1.82) is 0 Å². The fourth-order valence-electron chi connectivity index (χ4n) is 29.9. The van der Waals surface area contributed by atoms with Gasteiger partial charge in [0.25, 0.3) is 10.1 Å². The molecule has 4 saturated heterocycles. The number of aliphatic hydroxyl groups excluding tert-OH is 3. The second-order valence-corrected chi connectivity index (χ2v) is 43.7. The second-order valence-electron chi connectivity index (χ2n) is 42.0. The largest absolute Gasteiger partial charge is 0.462 e. The van der Waals surface area contributed by atoms with Crippen molar-refractivity contribution in [2.75, 3.05) is 85.4 Å². The van der Waals surface area contributed by atoms with E-state index < -0.39 is 39.4 Å². The van der Waals surface area contributed by atoms with Crippen molar-refractivity contribution < 1.29 is 94.4 Å². The maximum Gasteiger partial charge on any atom is 0.302 e. The van der Waals surface area contributed by atoms with E-state index >= 15 is 0 Å². The highest BCUT2D eigenvalue weighted by molar-refractivity contribution is 7.86. The molecule has 5 N–H and O–H groups in total. The number of ether oxygens (including phenoxy) is 11. The van der Waals surface area contributed by atoms with Crippen LogP contribution in [0.4, 0.5) is 0 Å². The van der Waals surface area contributed by atoms with Crippen molar-refractivity contribution in [1.82, 2.24) is 0 Å². The van der Waals surface area contributed by atoms with Gasteiger partial charge in [0.15, 0.2) is 23.1 Å². The molecule has 0 bridgehead atoms. The molecule has 12 aliphatic carbocycles. The zero-order valence-corrected chi connectivity index (χ0v) is 73.8. The van der Waals surface area contributed by atoms with Crippen molar-refractivity contribution in [3.05, 3.63) is 10.4 Å². The molecule has 0 aromatic rings. The minimum Gasteiger partial charge on any atom is -0.462 e. The van der Waals surface area contributed by atoms with E-state index in [-0.39, 0.29) is 128 Å². The zero-order chi connectivity index (χ0) is 83.0. The molecule has 24 nitrogen and oxygen atoms in total. The summed E-state index contributed by atoms with van der Waals surface area (Å²) in [6, 6.07) is 0. The maximum absolute atomic E-state index is 12.0. The SMILES string of the molecule is CC(=O)O[C@H]1C[C@@H](C)CC[C@]1(C)C1CC[C@@]2(C)C(CCC23OCCO3)[C@@H]1CN=[N+]=[N-].CC(=O)O[C@H]1C[C@@H](C)CC[C@]1(C)C1CC[C@@]2(C)C(CCC23OCCO3)[C@@H]1CO.CC(=O)O[C@H]1C[C@@H](C)CC[C@]1(C)C1CC[C@@]2(C)C(CCC23OCCO3)[C@@H]1COS(C)(=O)=O.C[C@]12CCC([C@@]3(C)CC[C@H](O)C[C@@H]3O)[C@@H](CN)C1CCC21OCCO1. The van der Waals surface area contributed by atoms with E-state index in [1.807, 2.05) is 0 Å². The summed E-state index contributed by atoms with van der Waals surface area (Å²) in [4.78, 5) is 38.8. The van der Waals surface area contributed by atoms with Crippen LogP contribution in [0.2, 0.25) is 0 Å². The molecular formula is C90H150N4O20S. The van der Waals surface area contributed by atoms with E-state index in [0.717, 1.165) is 173 Å². The van der Waals surface area contributed by atoms with E-state index in [2.05, 4.69) is 86.2 Å². The van der Waals surface area contributed by atoms with E-state index in [9.17, 15) is 38.1 Å². The summed E-state index contributed by atoms with van der Waals surface area (Å²) in [5, 5.41) is 35.4. The van der Waals surface area contributed by atoms with E-state index in [1.165, 1.54) is 27.2 Å². The van der Waals surface area contributed by atoms with Gasteiger partial charge in [-0.2, -0.15) is 8.42 Å². The third-order valence-electron chi connectivity index (χ3n) is 36.4. The van der Waals surface area contributed by atoms with Gasteiger partial charge in [0.1, 0.15) is 18.3 Å². The first-order chi connectivity index (χ1) is 54.3. The Morgan fingerprint density at radius 3 is 1.03 bits per heavy atom. The molecule has 4 spiro atoms. The van der Waals surface area contributed by atoms with Gasteiger partial charge in [-0.15, -0.1) is 0 Å². The molecule has 0 aromatic heterocycles. The van der Waals surface area contributed by atoms with Crippen LogP contribution in [0.3, 0.4) is 0 Å². The monoisotopic (exact) mass is 1640 g/mol. The molecular weight excluding hydrogens is 1490 g/mol. The van der Waals surface area contributed by atoms with Crippen LogP contribution in [-0.2, 0) is 80.8 Å². The third-order valence-corrected chi connectivity index (χ3v) is 37.0.